The van der Waals surface area contributed by atoms with Crippen LogP contribution in [0.4, 0.5) is 10.1 Å². The van der Waals surface area contributed by atoms with E-state index in [-0.39, 0.29) is 17.4 Å². The maximum atomic E-state index is 13.4. The van der Waals surface area contributed by atoms with Crippen LogP contribution in [-0.2, 0) is 0 Å². The zero-order chi connectivity index (χ0) is 20.6. The van der Waals surface area contributed by atoms with Gasteiger partial charge in [-0.25, -0.2) is 9.07 Å². The molecule has 0 radical (unpaired) electrons. The average molecular weight is 397 g/mol. The van der Waals surface area contributed by atoms with Crippen molar-refractivity contribution in [1.29, 1.82) is 0 Å². The smallest absolute Gasteiger partial charge is 0.276 e. The first kappa shape index (κ1) is 20.4. The molecule has 0 spiro atoms. The number of rotatable bonds is 9. The van der Waals surface area contributed by atoms with E-state index in [1.165, 1.54) is 16.8 Å². The molecule has 0 aliphatic heterocycles. The second kappa shape index (κ2) is 9.73. The van der Waals surface area contributed by atoms with E-state index >= 15 is 0 Å². The highest BCUT2D eigenvalue weighted by atomic mass is 19.1. The molecule has 1 heterocycles. The predicted octanol–water partition coefficient (Wildman–Crippen LogP) is 4.84. The summed E-state index contributed by atoms with van der Waals surface area (Å²) in [4.78, 5) is 12.6. The lowest BCUT2D eigenvalue weighted by Crippen LogP contribution is -2.13. The maximum absolute atomic E-state index is 13.4. The van der Waals surface area contributed by atoms with E-state index in [0.717, 1.165) is 12.8 Å². The third kappa shape index (κ3) is 5.34. The summed E-state index contributed by atoms with van der Waals surface area (Å²) in [6.07, 6.45) is 3.36. The maximum Gasteiger partial charge on any atom is 0.276 e. The number of nitrogens with zero attached hydrogens (tertiary/aromatic N) is 2. The number of hydrogen-bond donors (Lipinski definition) is 1. The van der Waals surface area contributed by atoms with Crippen LogP contribution in [0.2, 0.25) is 0 Å². The number of carbonyl (C=O) groups is 1. The summed E-state index contributed by atoms with van der Waals surface area (Å²) in [6, 6.07) is 12.9. The number of aromatic nitrogens is 2. The first-order chi connectivity index (χ1) is 14.1. The van der Waals surface area contributed by atoms with E-state index in [9.17, 15) is 9.18 Å². The lowest BCUT2D eigenvalue weighted by atomic mass is 10.2. The fraction of sp³-hybridized carbons (Fsp3) is 0.273. The first-order valence-corrected chi connectivity index (χ1v) is 9.63. The summed E-state index contributed by atoms with van der Waals surface area (Å²) in [5.41, 5.74) is 1.33. The number of nitrogens with one attached hydrogen (secondary N) is 1. The van der Waals surface area contributed by atoms with Gasteiger partial charge in [0.15, 0.2) is 17.2 Å². The highest BCUT2D eigenvalue weighted by molar-refractivity contribution is 6.03. The second-order valence-corrected chi connectivity index (χ2v) is 6.44. The SMILES string of the molecule is CCCOc1ccc(NC(=O)c2ccn(-c3cccc(F)c3)n2)cc1OCCC. The van der Waals surface area contributed by atoms with Crippen molar-refractivity contribution in [2.75, 3.05) is 18.5 Å². The van der Waals surface area contributed by atoms with Crippen molar-refractivity contribution in [1.82, 2.24) is 9.78 Å². The average Bonchev–Trinajstić information content (AvgIpc) is 3.22. The third-order valence-electron chi connectivity index (χ3n) is 4.02. The van der Waals surface area contributed by atoms with Gasteiger partial charge in [0.2, 0.25) is 0 Å². The largest absolute Gasteiger partial charge is 0.490 e. The zero-order valence-electron chi connectivity index (χ0n) is 16.5. The Morgan fingerprint density at radius 3 is 2.52 bits per heavy atom. The Labute approximate surface area is 169 Å². The van der Waals surface area contributed by atoms with Gasteiger partial charge in [0.1, 0.15) is 5.82 Å². The van der Waals surface area contributed by atoms with E-state index in [1.807, 2.05) is 13.8 Å². The monoisotopic (exact) mass is 397 g/mol. The van der Waals surface area contributed by atoms with E-state index in [2.05, 4.69) is 10.4 Å². The minimum atomic E-state index is -0.371. The Bertz CT molecular complexity index is 971. The summed E-state index contributed by atoms with van der Waals surface area (Å²) in [5.74, 6) is 0.495. The molecule has 7 heteroatoms. The Balaban J connectivity index is 1.74. The number of halogens is 1. The number of amides is 1. The third-order valence-corrected chi connectivity index (χ3v) is 4.02. The van der Waals surface area contributed by atoms with Gasteiger partial charge in [0.25, 0.3) is 5.91 Å². The number of anilines is 1. The number of carbonyl (C=O) groups excluding carboxylic acids is 1. The molecule has 29 heavy (non-hydrogen) atoms. The van der Waals surface area contributed by atoms with Crippen LogP contribution in [0.15, 0.2) is 54.7 Å². The van der Waals surface area contributed by atoms with Crippen molar-refractivity contribution in [3.63, 3.8) is 0 Å². The number of hydrogen-bond acceptors (Lipinski definition) is 4. The van der Waals surface area contributed by atoms with Gasteiger partial charge in [0, 0.05) is 18.0 Å². The van der Waals surface area contributed by atoms with E-state index in [4.69, 9.17) is 9.47 Å². The predicted molar refractivity (Wildman–Crippen MR) is 109 cm³/mol. The summed E-state index contributed by atoms with van der Waals surface area (Å²) in [7, 11) is 0. The molecule has 3 aromatic rings. The highest BCUT2D eigenvalue weighted by Gasteiger charge is 2.13. The molecule has 2 aromatic carbocycles. The molecule has 0 fully saturated rings. The molecule has 0 aliphatic carbocycles. The molecule has 0 bridgehead atoms. The summed E-state index contributed by atoms with van der Waals surface area (Å²) >= 11 is 0. The molecule has 3 rings (SSSR count). The van der Waals surface area contributed by atoms with Crippen LogP contribution in [0.5, 0.6) is 11.5 Å². The van der Waals surface area contributed by atoms with Gasteiger partial charge < -0.3 is 14.8 Å². The van der Waals surface area contributed by atoms with Crippen LogP contribution in [0.25, 0.3) is 5.69 Å². The molecule has 1 amide bonds. The van der Waals surface area contributed by atoms with Crippen molar-refractivity contribution < 1.29 is 18.7 Å². The van der Waals surface area contributed by atoms with E-state index in [1.54, 1.807) is 42.6 Å². The van der Waals surface area contributed by atoms with Gasteiger partial charge in [-0.3, -0.25) is 4.79 Å². The summed E-state index contributed by atoms with van der Waals surface area (Å²) in [6.45, 7) is 5.20. The zero-order valence-corrected chi connectivity index (χ0v) is 16.5. The van der Waals surface area contributed by atoms with Crippen LogP contribution in [0, 0.1) is 5.82 Å². The lowest BCUT2D eigenvalue weighted by molar-refractivity contribution is 0.102. The van der Waals surface area contributed by atoms with Crippen molar-refractivity contribution in [2.45, 2.75) is 26.7 Å². The fourth-order valence-corrected chi connectivity index (χ4v) is 2.64. The van der Waals surface area contributed by atoms with Gasteiger partial charge in [-0.1, -0.05) is 19.9 Å². The van der Waals surface area contributed by atoms with Gasteiger partial charge >= 0.3 is 0 Å². The minimum Gasteiger partial charge on any atom is -0.490 e. The van der Waals surface area contributed by atoms with Crippen molar-refractivity contribution in [3.05, 3.63) is 66.2 Å². The molecule has 0 saturated heterocycles. The lowest BCUT2D eigenvalue weighted by Gasteiger charge is -2.14. The Kier molecular flexibility index (Phi) is 6.84. The van der Waals surface area contributed by atoms with E-state index in [0.29, 0.717) is 36.1 Å². The second-order valence-electron chi connectivity index (χ2n) is 6.44. The van der Waals surface area contributed by atoms with E-state index < -0.39 is 0 Å². The van der Waals surface area contributed by atoms with Gasteiger partial charge in [-0.15, -0.1) is 0 Å². The molecule has 0 saturated carbocycles. The quantitative estimate of drug-likeness (QED) is 0.561. The standard InChI is InChI=1S/C22H24FN3O3/c1-3-12-28-20-9-8-17(15-21(20)29-13-4-2)24-22(27)19-10-11-26(25-19)18-7-5-6-16(23)14-18/h5-11,14-15H,3-4,12-13H2,1-2H3,(H,24,27). The number of ether oxygens (including phenoxy) is 2. The van der Waals surface area contributed by atoms with Gasteiger partial charge in [-0.2, -0.15) is 5.10 Å². The van der Waals surface area contributed by atoms with Crippen LogP contribution < -0.4 is 14.8 Å². The molecular formula is C22H24FN3O3. The van der Waals surface area contributed by atoms with Crippen LogP contribution in [0.3, 0.4) is 0 Å². The van der Waals surface area contributed by atoms with Crippen LogP contribution >= 0.6 is 0 Å². The number of benzene rings is 2. The topological polar surface area (TPSA) is 65.4 Å². The molecule has 152 valence electrons. The van der Waals surface area contributed by atoms with Gasteiger partial charge in [0.05, 0.1) is 18.9 Å². The molecule has 0 atom stereocenters. The van der Waals surface area contributed by atoms with Crippen molar-refractivity contribution >= 4 is 11.6 Å². The molecule has 0 unspecified atom stereocenters. The molecule has 6 nitrogen and oxygen atoms in total. The van der Waals surface area contributed by atoms with Crippen molar-refractivity contribution in [3.8, 4) is 17.2 Å². The van der Waals surface area contributed by atoms with Gasteiger partial charge in [-0.05, 0) is 49.2 Å². The van der Waals surface area contributed by atoms with Crippen LogP contribution in [-0.4, -0.2) is 28.9 Å². The highest BCUT2D eigenvalue weighted by Crippen LogP contribution is 2.31. The molecule has 1 aromatic heterocycles. The summed E-state index contributed by atoms with van der Waals surface area (Å²) < 4.78 is 26.3. The van der Waals surface area contributed by atoms with Crippen molar-refractivity contribution in [2.24, 2.45) is 0 Å². The molecule has 1 N–H and O–H groups in total. The fourth-order valence-electron chi connectivity index (χ4n) is 2.64. The Morgan fingerprint density at radius 2 is 1.79 bits per heavy atom. The Morgan fingerprint density at radius 1 is 1.03 bits per heavy atom. The first-order valence-electron chi connectivity index (χ1n) is 9.63. The van der Waals surface area contributed by atoms with Crippen LogP contribution in [0.1, 0.15) is 37.2 Å². The molecular weight excluding hydrogens is 373 g/mol. The molecule has 0 aliphatic rings. The minimum absolute atomic E-state index is 0.219. The Hall–Kier alpha value is -3.35. The summed E-state index contributed by atoms with van der Waals surface area (Å²) in [5, 5.41) is 7.04. The normalized spacial score (nSPS) is 10.6.